The highest BCUT2D eigenvalue weighted by Crippen LogP contribution is 1.70. The predicted molar refractivity (Wildman–Crippen MR) is 34.8 cm³/mol. The Balaban J connectivity index is 3.13. The zero-order chi connectivity index (χ0) is 5.86. The molecule has 42 valence electrons. The van der Waals surface area contributed by atoms with Gasteiger partial charge in [0.05, 0.1) is 0 Å². The van der Waals surface area contributed by atoms with Gasteiger partial charge in [0.2, 0.25) is 0 Å². The van der Waals surface area contributed by atoms with Crippen LogP contribution in [0.4, 0.5) is 0 Å². The van der Waals surface area contributed by atoms with Crippen LogP contribution >= 0.6 is 12.2 Å². The first kappa shape index (κ1) is 7.07. The van der Waals surface area contributed by atoms with E-state index in [9.17, 15) is 0 Å². The Morgan fingerprint density at radius 3 is 2.43 bits per heavy atom. The summed E-state index contributed by atoms with van der Waals surface area (Å²) in [5.41, 5.74) is 0. The van der Waals surface area contributed by atoms with Crippen molar-refractivity contribution in [3.8, 4) is 0 Å². The SMILES string of the molecule is CC(O)NC(=S)[S-]. The average Bonchev–Trinajstić information content (AvgIpc) is 1.27. The summed E-state index contributed by atoms with van der Waals surface area (Å²) in [6, 6.07) is 0. The maximum atomic E-state index is 8.46. The van der Waals surface area contributed by atoms with Crippen molar-refractivity contribution in [1.29, 1.82) is 0 Å². The molecule has 1 atom stereocenters. The monoisotopic (exact) mass is 136 g/mol. The van der Waals surface area contributed by atoms with Gasteiger partial charge in [-0.05, 0) is 6.92 Å². The molecule has 0 fully saturated rings. The van der Waals surface area contributed by atoms with Gasteiger partial charge < -0.3 is 35.3 Å². The van der Waals surface area contributed by atoms with Crippen LogP contribution in [0, 0.1) is 0 Å². The molecule has 0 aromatic heterocycles. The van der Waals surface area contributed by atoms with Gasteiger partial charge in [0, 0.05) is 0 Å². The molecule has 0 radical (unpaired) electrons. The van der Waals surface area contributed by atoms with Gasteiger partial charge in [-0.3, -0.25) is 0 Å². The van der Waals surface area contributed by atoms with Gasteiger partial charge in [0.1, 0.15) is 6.23 Å². The summed E-state index contributed by atoms with van der Waals surface area (Å²) in [7, 11) is 0. The van der Waals surface area contributed by atoms with Crippen LogP contribution in [0.1, 0.15) is 6.92 Å². The van der Waals surface area contributed by atoms with Crippen LogP contribution in [0.5, 0.6) is 0 Å². The number of hydrogen-bond acceptors (Lipinski definition) is 3. The van der Waals surface area contributed by atoms with Gasteiger partial charge in [-0.15, -0.1) is 0 Å². The smallest absolute Gasteiger partial charge is 0.120 e. The first-order valence-electron chi connectivity index (χ1n) is 1.78. The van der Waals surface area contributed by atoms with Crippen LogP contribution in [0.25, 0.3) is 0 Å². The molecule has 0 bridgehead atoms. The van der Waals surface area contributed by atoms with E-state index < -0.39 is 6.23 Å². The number of rotatable bonds is 1. The summed E-state index contributed by atoms with van der Waals surface area (Å²) in [5.74, 6) is 0. The van der Waals surface area contributed by atoms with Crippen LogP contribution in [-0.2, 0) is 12.6 Å². The molecule has 0 saturated carbocycles. The van der Waals surface area contributed by atoms with E-state index in [1.165, 1.54) is 0 Å². The zero-order valence-corrected chi connectivity index (χ0v) is 5.47. The molecular weight excluding hydrogens is 130 g/mol. The lowest BCUT2D eigenvalue weighted by molar-refractivity contribution is 0.182. The summed E-state index contributed by atoms with van der Waals surface area (Å²) in [5, 5.41) is 10.9. The van der Waals surface area contributed by atoms with Crippen molar-refractivity contribution in [3.05, 3.63) is 0 Å². The molecule has 7 heavy (non-hydrogen) atoms. The van der Waals surface area contributed by atoms with Gasteiger partial charge in [0.25, 0.3) is 0 Å². The second kappa shape index (κ2) is 3.12. The Labute approximate surface area is 53.3 Å². The molecule has 0 saturated heterocycles. The van der Waals surface area contributed by atoms with Crippen molar-refractivity contribution < 1.29 is 5.11 Å². The van der Waals surface area contributed by atoms with E-state index in [4.69, 9.17) is 5.11 Å². The Morgan fingerprint density at radius 2 is 2.43 bits per heavy atom. The largest absolute Gasteiger partial charge is 0.412 e. The van der Waals surface area contributed by atoms with Crippen molar-refractivity contribution in [3.63, 3.8) is 0 Å². The quantitative estimate of drug-likeness (QED) is 0.296. The van der Waals surface area contributed by atoms with E-state index >= 15 is 0 Å². The first-order valence-corrected chi connectivity index (χ1v) is 2.60. The lowest BCUT2D eigenvalue weighted by atomic mass is 10.7. The fourth-order valence-electron chi connectivity index (χ4n) is 0.171. The second-order valence-electron chi connectivity index (χ2n) is 1.11. The van der Waals surface area contributed by atoms with E-state index in [1.54, 1.807) is 6.92 Å². The minimum atomic E-state index is -0.620. The molecule has 0 heterocycles. The molecule has 0 amide bonds. The Bertz CT molecular complexity index is 73.3. The van der Waals surface area contributed by atoms with Crippen LogP contribution in [0.15, 0.2) is 0 Å². The van der Waals surface area contributed by atoms with E-state index in [0.29, 0.717) is 0 Å². The van der Waals surface area contributed by atoms with E-state index in [1.807, 2.05) is 0 Å². The molecule has 0 aromatic carbocycles. The van der Waals surface area contributed by atoms with Crippen molar-refractivity contribution >= 4 is 29.2 Å². The minimum Gasteiger partial charge on any atom is -0.412 e. The molecule has 0 rings (SSSR count). The lowest BCUT2D eigenvalue weighted by Crippen LogP contribution is -2.28. The third kappa shape index (κ3) is 6.07. The van der Waals surface area contributed by atoms with E-state index in [-0.39, 0.29) is 4.32 Å². The lowest BCUT2D eigenvalue weighted by Gasteiger charge is -2.10. The fourth-order valence-corrected chi connectivity index (χ4v) is 0.512. The van der Waals surface area contributed by atoms with Crippen LogP contribution in [-0.4, -0.2) is 15.7 Å². The third-order valence-electron chi connectivity index (χ3n) is 0.327. The Kier molecular flexibility index (Phi) is 3.15. The molecule has 0 spiro atoms. The topological polar surface area (TPSA) is 32.3 Å². The van der Waals surface area contributed by atoms with Gasteiger partial charge in [0.15, 0.2) is 0 Å². The normalized spacial score (nSPS) is 12.9. The first-order chi connectivity index (χ1) is 3.13. The summed E-state index contributed by atoms with van der Waals surface area (Å²) in [6.45, 7) is 1.55. The Morgan fingerprint density at radius 1 is 2.00 bits per heavy atom. The summed E-state index contributed by atoms with van der Waals surface area (Å²) in [6.07, 6.45) is -0.620. The molecule has 4 heteroatoms. The highest BCUT2D eigenvalue weighted by Gasteiger charge is 1.83. The highest BCUT2D eigenvalue weighted by molar-refractivity contribution is 8.00. The number of aliphatic hydroxyl groups is 1. The van der Waals surface area contributed by atoms with Crippen molar-refractivity contribution in [1.82, 2.24) is 5.32 Å². The molecule has 1 unspecified atom stereocenters. The van der Waals surface area contributed by atoms with Crippen LogP contribution in [0.3, 0.4) is 0 Å². The van der Waals surface area contributed by atoms with Crippen molar-refractivity contribution in [2.75, 3.05) is 0 Å². The van der Waals surface area contributed by atoms with E-state index in [2.05, 4.69) is 30.2 Å². The van der Waals surface area contributed by atoms with Gasteiger partial charge >= 0.3 is 0 Å². The van der Waals surface area contributed by atoms with Crippen LogP contribution in [0.2, 0.25) is 0 Å². The second-order valence-corrected chi connectivity index (χ2v) is 2.18. The van der Waals surface area contributed by atoms with E-state index in [0.717, 1.165) is 0 Å². The minimum absolute atomic E-state index is 0.204. The summed E-state index contributed by atoms with van der Waals surface area (Å²) < 4.78 is 0.204. The summed E-state index contributed by atoms with van der Waals surface area (Å²) in [4.78, 5) is 0. The molecule has 2 nitrogen and oxygen atoms in total. The maximum absolute atomic E-state index is 8.46. The number of hydrogen-bond donors (Lipinski definition) is 2. The molecule has 0 aliphatic carbocycles. The number of thiocarbonyl (C=S) groups is 1. The Hall–Kier alpha value is 0.0700. The predicted octanol–water partition coefficient (Wildman–Crippen LogP) is -0.254. The molecule has 0 aliphatic rings. The molecular formula is C3H6NOS2-. The van der Waals surface area contributed by atoms with Gasteiger partial charge in [-0.2, -0.15) is 0 Å². The zero-order valence-electron chi connectivity index (χ0n) is 3.84. The van der Waals surface area contributed by atoms with Crippen molar-refractivity contribution in [2.45, 2.75) is 13.2 Å². The average molecular weight is 136 g/mol. The number of nitrogens with one attached hydrogen (secondary N) is 1. The summed E-state index contributed by atoms with van der Waals surface area (Å²) >= 11 is 8.83. The van der Waals surface area contributed by atoms with Gasteiger partial charge in [-0.1, -0.05) is 4.32 Å². The van der Waals surface area contributed by atoms with Crippen LogP contribution < -0.4 is 5.32 Å². The maximum Gasteiger partial charge on any atom is 0.120 e. The van der Waals surface area contributed by atoms with Crippen molar-refractivity contribution in [2.24, 2.45) is 0 Å². The third-order valence-corrected chi connectivity index (χ3v) is 0.562. The molecule has 0 aromatic rings. The fraction of sp³-hybridized carbons (Fsp3) is 0.667. The molecule has 0 aliphatic heterocycles. The van der Waals surface area contributed by atoms with Gasteiger partial charge in [-0.25, -0.2) is 0 Å². The molecule has 2 N–H and O–H groups in total. The number of aliphatic hydroxyl groups excluding tert-OH is 1. The standard InChI is InChI=1S/C3H7NOS2/c1-2(5)4-3(6)7/h2,5H,1H3,(H2,4,6,7)/p-1. The highest BCUT2D eigenvalue weighted by atomic mass is 32.1.